The molecule has 0 aromatic carbocycles. The third-order valence-corrected chi connectivity index (χ3v) is 3.01. The maximum Gasteiger partial charge on any atom is 0.259 e. The Kier molecular flexibility index (Phi) is 5.06. The number of rotatable bonds is 5. The molecule has 20 heavy (non-hydrogen) atoms. The van der Waals surface area contributed by atoms with Gasteiger partial charge in [-0.2, -0.15) is 0 Å². The summed E-state index contributed by atoms with van der Waals surface area (Å²) >= 11 is 3.34. The van der Waals surface area contributed by atoms with Gasteiger partial charge in [-0.1, -0.05) is 6.92 Å². The number of carbonyl (C=O) groups excluding carboxylic acids is 1. The summed E-state index contributed by atoms with van der Waals surface area (Å²) in [6.45, 7) is 2.83. The first-order chi connectivity index (χ1) is 9.70. The summed E-state index contributed by atoms with van der Waals surface area (Å²) in [5, 5.41) is 5.97. The van der Waals surface area contributed by atoms with Gasteiger partial charge >= 0.3 is 0 Å². The van der Waals surface area contributed by atoms with Crippen LogP contribution in [0.15, 0.2) is 41.3 Å². The molecule has 0 aliphatic carbocycles. The number of pyridine rings is 2. The minimum Gasteiger partial charge on any atom is -0.369 e. The van der Waals surface area contributed by atoms with E-state index >= 15 is 0 Å². The van der Waals surface area contributed by atoms with Crippen molar-refractivity contribution in [2.45, 2.75) is 13.3 Å². The van der Waals surface area contributed by atoms with E-state index in [-0.39, 0.29) is 5.91 Å². The second-order valence-corrected chi connectivity index (χ2v) is 5.08. The summed E-state index contributed by atoms with van der Waals surface area (Å²) in [5.74, 6) is 0.380. The summed E-state index contributed by atoms with van der Waals surface area (Å²) in [5.41, 5.74) is 1.20. The molecule has 2 aromatic rings. The second kappa shape index (κ2) is 7.00. The summed E-state index contributed by atoms with van der Waals surface area (Å²) < 4.78 is 0.763. The molecule has 1 amide bonds. The first-order valence-corrected chi connectivity index (χ1v) is 7.11. The Labute approximate surface area is 126 Å². The van der Waals surface area contributed by atoms with Crippen molar-refractivity contribution in [3.05, 3.63) is 46.8 Å². The number of halogens is 1. The Hall–Kier alpha value is -1.95. The molecule has 0 fully saturated rings. The highest BCUT2D eigenvalue weighted by Gasteiger charge is 2.13. The lowest BCUT2D eigenvalue weighted by molar-refractivity contribution is 0.102. The van der Waals surface area contributed by atoms with Gasteiger partial charge in [0.05, 0.1) is 5.56 Å². The zero-order chi connectivity index (χ0) is 14.4. The van der Waals surface area contributed by atoms with E-state index in [1.54, 1.807) is 36.8 Å². The average molecular weight is 335 g/mol. The van der Waals surface area contributed by atoms with Crippen molar-refractivity contribution in [2.24, 2.45) is 0 Å². The van der Waals surface area contributed by atoms with E-state index in [1.165, 1.54) is 0 Å². The van der Waals surface area contributed by atoms with Gasteiger partial charge in [-0.3, -0.25) is 9.78 Å². The molecule has 2 heterocycles. The van der Waals surface area contributed by atoms with Crippen LogP contribution in [0.3, 0.4) is 0 Å². The van der Waals surface area contributed by atoms with Crippen LogP contribution in [0.2, 0.25) is 0 Å². The molecule has 0 aliphatic rings. The highest BCUT2D eigenvalue weighted by molar-refractivity contribution is 9.10. The zero-order valence-electron chi connectivity index (χ0n) is 11.1. The zero-order valence-corrected chi connectivity index (χ0v) is 12.6. The van der Waals surface area contributed by atoms with Gasteiger partial charge in [-0.05, 0) is 40.5 Å². The lowest BCUT2D eigenvalue weighted by Gasteiger charge is -2.11. The van der Waals surface area contributed by atoms with Crippen LogP contribution in [0, 0.1) is 0 Å². The molecule has 0 atom stereocenters. The molecular formula is C14H15BrN4O. The number of carbonyl (C=O) groups is 1. The molecule has 0 aliphatic heterocycles. The van der Waals surface area contributed by atoms with Crippen molar-refractivity contribution in [3.63, 3.8) is 0 Å². The Balaban J connectivity index is 2.21. The van der Waals surface area contributed by atoms with Crippen LogP contribution in [-0.4, -0.2) is 22.4 Å². The normalized spacial score (nSPS) is 10.1. The molecule has 0 spiro atoms. The van der Waals surface area contributed by atoms with E-state index in [2.05, 4.69) is 43.5 Å². The quantitative estimate of drug-likeness (QED) is 0.880. The maximum atomic E-state index is 12.3. The van der Waals surface area contributed by atoms with Gasteiger partial charge in [-0.25, -0.2) is 4.98 Å². The number of nitrogens with one attached hydrogen (secondary N) is 2. The van der Waals surface area contributed by atoms with E-state index in [1.807, 2.05) is 0 Å². The topological polar surface area (TPSA) is 66.9 Å². The number of aromatic nitrogens is 2. The third-order valence-electron chi connectivity index (χ3n) is 2.58. The van der Waals surface area contributed by atoms with Gasteiger partial charge in [0, 0.05) is 35.3 Å². The molecular weight excluding hydrogens is 320 g/mol. The minimum atomic E-state index is -0.205. The van der Waals surface area contributed by atoms with Crippen LogP contribution in [-0.2, 0) is 0 Å². The number of hydrogen-bond acceptors (Lipinski definition) is 4. The average Bonchev–Trinajstić information content (AvgIpc) is 2.47. The van der Waals surface area contributed by atoms with Crippen LogP contribution < -0.4 is 10.6 Å². The van der Waals surface area contributed by atoms with Crippen LogP contribution in [0.25, 0.3) is 0 Å². The number of hydrogen-bond donors (Lipinski definition) is 2. The minimum absolute atomic E-state index is 0.205. The Morgan fingerprint density at radius 1 is 1.35 bits per heavy atom. The monoisotopic (exact) mass is 334 g/mol. The molecule has 2 N–H and O–H groups in total. The van der Waals surface area contributed by atoms with Crippen LogP contribution >= 0.6 is 15.9 Å². The molecule has 0 saturated carbocycles. The van der Waals surface area contributed by atoms with Gasteiger partial charge in [-0.15, -0.1) is 0 Å². The van der Waals surface area contributed by atoms with Gasteiger partial charge < -0.3 is 10.6 Å². The predicted molar refractivity (Wildman–Crippen MR) is 82.9 cm³/mol. The fourth-order valence-electron chi connectivity index (χ4n) is 1.63. The van der Waals surface area contributed by atoms with E-state index in [0.717, 1.165) is 17.4 Å². The molecule has 0 unspecified atom stereocenters. The van der Waals surface area contributed by atoms with Crippen molar-refractivity contribution in [1.82, 2.24) is 9.97 Å². The fourth-order valence-corrected chi connectivity index (χ4v) is 1.96. The number of amides is 1. The van der Waals surface area contributed by atoms with E-state index in [9.17, 15) is 4.79 Å². The Bertz CT molecular complexity index is 589. The van der Waals surface area contributed by atoms with Gasteiger partial charge in [0.15, 0.2) is 0 Å². The van der Waals surface area contributed by atoms with E-state index < -0.39 is 0 Å². The molecule has 104 valence electrons. The Morgan fingerprint density at radius 2 is 2.10 bits per heavy atom. The third kappa shape index (κ3) is 3.77. The van der Waals surface area contributed by atoms with Crippen LogP contribution in [0.1, 0.15) is 23.7 Å². The summed E-state index contributed by atoms with van der Waals surface area (Å²) in [6.07, 6.45) is 5.89. The highest BCUT2D eigenvalue weighted by atomic mass is 79.9. The predicted octanol–water partition coefficient (Wildman–Crippen LogP) is 3.31. The lowest BCUT2D eigenvalue weighted by Crippen LogP contribution is -2.16. The molecule has 6 heteroatoms. The molecule has 0 radical (unpaired) electrons. The molecule has 0 bridgehead atoms. The second-order valence-electron chi connectivity index (χ2n) is 4.17. The highest BCUT2D eigenvalue weighted by Crippen LogP contribution is 2.19. The van der Waals surface area contributed by atoms with Crippen molar-refractivity contribution < 1.29 is 4.79 Å². The van der Waals surface area contributed by atoms with Crippen molar-refractivity contribution >= 4 is 33.3 Å². The van der Waals surface area contributed by atoms with Gasteiger partial charge in [0.2, 0.25) is 0 Å². The number of anilines is 2. The fraction of sp³-hybridized carbons (Fsp3) is 0.214. The standard InChI is InChI=1S/C14H15BrN4O/c1-2-5-17-13-12(8-10(15)9-18-13)14(20)19-11-3-6-16-7-4-11/h3-4,6-9H,2,5H2,1H3,(H,17,18)(H,16,19,20). The van der Waals surface area contributed by atoms with E-state index in [4.69, 9.17) is 0 Å². The molecule has 2 rings (SSSR count). The van der Waals surface area contributed by atoms with Crippen molar-refractivity contribution in [3.8, 4) is 0 Å². The summed E-state index contributed by atoms with van der Waals surface area (Å²) in [4.78, 5) is 20.5. The molecule has 2 aromatic heterocycles. The summed E-state index contributed by atoms with van der Waals surface area (Å²) in [6, 6.07) is 5.23. The SMILES string of the molecule is CCCNc1ncc(Br)cc1C(=O)Nc1ccncc1. The first kappa shape index (κ1) is 14.5. The summed E-state index contributed by atoms with van der Waals surface area (Å²) in [7, 11) is 0. The number of nitrogens with zero attached hydrogens (tertiary/aromatic N) is 2. The largest absolute Gasteiger partial charge is 0.369 e. The van der Waals surface area contributed by atoms with Crippen LogP contribution in [0.4, 0.5) is 11.5 Å². The van der Waals surface area contributed by atoms with Crippen molar-refractivity contribution in [2.75, 3.05) is 17.2 Å². The van der Waals surface area contributed by atoms with Gasteiger partial charge in [0.25, 0.3) is 5.91 Å². The van der Waals surface area contributed by atoms with Gasteiger partial charge in [0.1, 0.15) is 5.82 Å². The smallest absolute Gasteiger partial charge is 0.259 e. The molecule has 0 saturated heterocycles. The van der Waals surface area contributed by atoms with E-state index in [0.29, 0.717) is 17.1 Å². The first-order valence-electron chi connectivity index (χ1n) is 6.31. The molecule has 5 nitrogen and oxygen atoms in total. The van der Waals surface area contributed by atoms with Crippen LogP contribution in [0.5, 0.6) is 0 Å². The maximum absolute atomic E-state index is 12.3. The van der Waals surface area contributed by atoms with Crippen molar-refractivity contribution in [1.29, 1.82) is 0 Å². The lowest BCUT2D eigenvalue weighted by atomic mass is 10.2. The Morgan fingerprint density at radius 3 is 2.80 bits per heavy atom.